The van der Waals surface area contributed by atoms with E-state index in [0.29, 0.717) is 18.8 Å². The van der Waals surface area contributed by atoms with E-state index in [-0.39, 0.29) is 46.1 Å². The summed E-state index contributed by atoms with van der Waals surface area (Å²) in [7, 11) is 0. The fourth-order valence-corrected chi connectivity index (χ4v) is 10.00. The van der Waals surface area contributed by atoms with Crippen LogP contribution in [0.25, 0.3) is 0 Å². The van der Waals surface area contributed by atoms with Crippen LogP contribution in [-0.2, 0) is 23.9 Å². The first kappa shape index (κ1) is 17.9. The third-order valence-electron chi connectivity index (χ3n) is 10.9. The van der Waals surface area contributed by atoms with E-state index in [1.165, 1.54) is 0 Å². The van der Waals surface area contributed by atoms with E-state index in [9.17, 15) is 14.4 Å². The van der Waals surface area contributed by atoms with E-state index in [0.717, 1.165) is 19.3 Å². The largest absolute Gasteiger partial charge is 0.461 e. The van der Waals surface area contributed by atoms with Crippen LogP contribution in [0.2, 0.25) is 0 Å². The monoisotopic (exact) mass is 408 g/mol. The quantitative estimate of drug-likeness (QED) is 0.455. The van der Waals surface area contributed by atoms with Gasteiger partial charge in [-0.3, -0.25) is 9.59 Å². The van der Waals surface area contributed by atoms with E-state index in [1.54, 1.807) is 6.08 Å². The lowest BCUT2D eigenvalue weighted by Gasteiger charge is -2.65. The van der Waals surface area contributed by atoms with Crippen LogP contribution in [0.3, 0.4) is 0 Å². The minimum atomic E-state index is -0.633. The Morgan fingerprint density at radius 1 is 1.07 bits per heavy atom. The number of fused-ring (bicyclic) bond motifs is 3. The molecule has 0 aromatic rings. The van der Waals surface area contributed by atoms with Gasteiger partial charge in [-0.1, -0.05) is 32.9 Å². The predicted octanol–water partition coefficient (Wildman–Crippen LogP) is 3.03. The van der Waals surface area contributed by atoms with Gasteiger partial charge in [-0.25, -0.2) is 4.79 Å². The Morgan fingerprint density at radius 2 is 1.80 bits per heavy atom. The molecule has 2 saturated heterocycles. The van der Waals surface area contributed by atoms with Gasteiger partial charge in [-0.05, 0) is 54.9 Å². The zero-order valence-electron chi connectivity index (χ0n) is 18.0. The van der Waals surface area contributed by atoms with Crippen LogP contribution in [0.1, 0.15) is 47.0 Å². The van der Waals surface area contributed by atoms with E-state index in [2.05, 4.69) is 26.8 Å². The highest BCUT2D eigenvalue weighted by molar-refractivity contribution is 6.02. The number of carbonyl (C=O) groups excluding carboxylic acids is 3. The molecule has 3 spiro atoms. The Balaban J connectivity index is 1.56. The predicted molar refractivity (Wildman–Crippen MR) is 106 cm³/mol. The van der Waals surface area contributed by atoms with E-state index < -0.39 is 21.8 Å². The summed E-state index contributed by atoms with van der Waals surface area (Å²) < 4.78 is 12.0. The molecule has 5 heteroatoms. The highest BCUT2D eigenvalue weighted by atomic mass is 16.6. The Hall–Kier alpha value is -1.75. The van der Waals surface area contributed by atoms with Crippen LogP contribution in [0, 0.1) is 44.8 Å². The van der Waals surface area contributed by atoms with Gasteiger partial charge >= 0.3 is 5.97 Å². The van der Waals surface area contributed by atoms with Crippen molar-refractivity contribution in [2.75, 3.05) is 13.2 Å². The molecular formula is C25H28O5. The SMILES string of the molecule is CC12C=C3C(=O)OCC34C3(CCC5C(C)(C)C(=O)C=CC5(C)C3C(C1=O)C41CO1)C2. The molecule has 3 bridgehead atoms. The summed E-state index contributed by atoms with van der Waals surface area (Å²) in [5.41, 5.74) is -2.00. The fraction of sp³-hybridized carbons (Fsp3) is 0.720. The summed E-state index contributed by atoms with van der Waals surface area (Å²) in [6.45, 7) is 9.27. The second-order valence-corrected chi connectivity index (χ2v) is 12.2. The Labute approximate surface area is 176 Å². The van der Waals surface area contributed by atoms with Crippen LogP contribution in [0.4, 0.5) is 0 Å². The summed E-state index contributed by atoms with van der Waals surface area (Å²) >= 11 is 0. The van der Waals surface area contributed by atoms with Crippen LogP contribution < -0.4 is 0 Å². The molecule has 7 rings (SSSR count). The first-order valence-electron chi connectivity index (χ1n) is 11.3. The van der Waals surface area contributed by atoms with Gasteiger partial charge in [0.1, 0.15) is 18.0 Å². The molecule has 5 aliphatic carbocycles. The average Bonchev–Trinajstić information content (AvgIpc) is 3.37. The molecular weight excluding hydrogens is 380 g/mol. The van der Waals surface area contributed by atoms with E-state index in [1.807, 2.05) is 13.0 Å². The summed E-state index contributed by atoms with van der Waals surface area (Å²) in [6.07, 6.45) is 8.43. The molecule has 5 fully saturated rings. The molecule has 0 amide bonds. The van der Waals surface area contributed by atoms with Gasteiger partial charge in [-0.2, -0.15) is 0 Å². The highest BCUT2D eigenvalue weighted by Crippen LogP contribution is 2.87. The second-order valence-electron chi connectivity index (χ2n) is 12.2. The minimum Gasteiger partial charge on any atom is -0.461 e. The summed E-state index contributed by atoms with van der Waals surface area (Å²) in [6, 6.07) is 0. The highest BCUT2D eigenvalue weighted by Gasteiger charge is 2.92. The summed E-state index contributed by atoms with van der Waals surface area (Å²) in [5, 5.41) is 0. The molecule has 0 N–H and O–H groups in total. The van der Waals surface area contributed by atoms with Gasteiger partial charge < -0.3 is 9.47 Å². The number of hydrogen-bond acceptors (Lipinski definition) is 5. The molecule has 0 aromatic heterocycles. The fourth-order valence-electron chi connectivity index (χ4n) is 10.00. The molecule has 0 radical (unpaired) electrons. The number of hydrogen-bond donors (Lipinski definition) is 0. The number of rotatable bonds is 0. The smallest absolute Gasteiger partial charge is 0.334 e. The van der Waals surface area contributed by atoms with Crippen molar-refractivity contribution in [2.45, 2.75) is 52.6 Å². The van der Waals surface area contributed by atoms with Gasteiger partial charge in [0, 0.05) is 16.4 Å². The maximum atomic E-state index is 14.1. The van der Waals surface area contributed by atoms with Crippen molar-refractivity contribution in [3.05, 3.63) is 23.8 Å². The molecule has 3 saturated carbocycles. The number of epoxide rings is 1. The normalized spacial score (nSPS) is 58.3. The number of Topliss-reactive ketones (excluding diaryl/α,β-unsaturated/α-hetero) is 1. The third-order valence-corrected chi connectivity index (χ3v) is 10.9. The van der Waals surface area contributed by atoms with Crippen molar-refractivity contribution in [1.29, 1.82) is 0 Å². The first-order chi connectivity index (χ1) is 14.0. The zero-order valence-corrected chi connectivity index (χ0v) is 18.0. The van der Waals surface area contributed by atoms with Gasteiger partial charge in [0.2, 0.25) is 0 Å². The average molecular weight is 408 g/mol. The van der Waals surface area contributed by atoms with Crippen molar-refractivity contribution >= 4 is 17.5 Å². The number of ether oxygens (including phenoxy) is 2. The van der Waals surface area contributed by atoms with E-state index >= 15 is 0 Å². The number of esters is 1. The van der Waals surface area contributed by atoms with Gasteiger partial charge in [-0.15, -0.1) is 0 Å². The van der Waals surface area contributed by atoms with Crippen molar-refractivity contribution in [2.24, 2.45) is 44.8 Å². The maximum Gasteiger partial charge on any atom is 0.334 e. The maximum absolute atomic E-state index is 14.1. The topological polar surface area (TPSA) is 73.0 Å². The Morgan fingerprint density at radius 3 is 2.50 bits per heavy atom. The lowest BCUT2D eigenvalue weighted by Crippen LogP contribution is -2.64. The van der Waals surface area contributed by atoms with Gasteiger partial charge in [0.15, 0.2) is 5.78 Å². The number of cyclic esters (lactones) is 1. The summed E-state index contributed by atoms with van der Waals surface area (Å²) in [4.78, 5) is 39.8. The second kappa shape index (κ2) is 4.41. The van der Waals surface area contributed by atoms with Crippen molar-refractivity contribution in [3.63, 3.8) is 0 Å². The van der Waals surface area contributed by atoms with Crippen molar-refractivity contribution in [1.82, 2.24) is 0 Å². The molecule has 158 valence electrons. The Bertz CT molecular complexity index is 1050. The molecule has 5 nitrogen and oxygen atoms in total. The van der Waals surface area contributed by atoms with Crippen LogP contribution in [0.15, 0.2) is 23.8 Å². The summed E-state index contributed by atoms with van der Waals surface area (Å²) in [5.74, 6) is 0.147. The molecule has 2 heterocycles. The lowest BCUT2D eigenvalue weighted by molar-refractivity contribution is -0.171. The minimum absolute atomic E-state index is 0.0636. The number of ketones is 2. The van der Waals surface area contributed by atoms with Crippen molar-refractivity contribution in [3.8, 4) is 0 Å². The zero-order chi connectivity index (χ0) is 21.1. The van der Waals surface area contributed by atoms with Crippen LogP contribution >= 0.6 is 0 Å². The molecule has 8 unspecified atom stereocenters. The molecule has 8 atom stereocenters. The van der Waals surface area contributed by atoms with Gasteiger partial charge in [0.05, 0.1) is 17.9 Å². The van der Waals surface area contributed by atoms with Crippen molar-refractivity contribution < 1.29 is 23.9 Å². The molecule has 2 aliphatic heterocycles. The molecule has 30 heavy (non-hydrogen) atoms. The molecule has 7 aliphatic rings. The molecule has 0 aromatic carbocycles. The van der Waals surface area contributed by atoms with Gasteiger partial charge in [0.25, 0.3) is 0 Å². The standard InChI is InChI=1S/C25H28O5/c1-20(2)14-5-8-23-10-21(3)9-13-19(28)29-11-24(13,23)25(12-30-25)16(18(21)27)17(23)22(14,4)7-6-15(20)26/h6-7,9,14,16-17H,5,8,10-12H2,1-4H3. The van der Waals surface area contributed by atoms with Crippen LogP contribution in [0.5, 0.6) is 0 Å². The number of carbonyl (C=O) groups is 3. The third kappa shape index (κ3) is 1.38. The van der Waals surface area contributed by atoms with E-state index in [4.69, 9.17) is 9.47 Å². The Kier molecular flexibility index (Phi) is 2.63. The lowest BCUT2D eigenvalue weighted by atomic mass is 9.36. The van der Waals surface area contributed by atoms with Crippen LogP contribution in [-0.4, -0.2) is 36.4 Å². The number of allylic oxidation sites excluding steroid dienone is 3. The first-order valence-corrected chi connectivity index (χ1v) is 11.3.